The largest absolute Gasteiger partial charge is 0.176 e. The summed E-state index contributed by atoms with van der Waals surface area (Å²) in [5, 5.41) is 0.668. The third-order valence-electron chi connectivity index (χ3n) is 10.8. The highest BCUT2D eigenvalue weighted by molar-refractivity contribution is 7.81. The Morgan fingerprint density at radius 1 is 0.857 bits per heavy atom. The van der Waals surface area contributed by atoms with Crippen molar-refractivity contribution < 1.29 is 0 Å². The first kappa shape index (κ1) is 21.6. The molecule has 0 spiro atoms. The monoisotopic (exact) mass is 404 g/mol. The van der Waals surface area contributed by atoms with Gasteiger partial charge in [0.2, 0.25) is 0 Å². The summed E-state index contributed by atoms with van der Waals surface area (Å²) in [5.41, 5.74) is 0.705. The van der Waals surface area contributed by atoms with Crippen LogP contribution in [0.3, 0.4) is 0 Å². The summed E-state index contributed by atoms with van der Waals surface area (Å²) < 4.78 is 0. The molecule has 4 aliphatic carbocycles. The molecule has 28 heavy (non-hydrogen) atoms. The van der Waals surface area contributed by atoms with Crippen molar-refractivity contribution in [1.29, 1.82) is 0 Å². The maximum atomic E-state index is 5.23. The van der Waals surface area contributed by atoms with Gasteiger partial charge in [-0.2, -0.15) is 12.6 Å². The first-order chi connectivity index (χ1) is 13.5. The van der Waals surface area contributed by atoms with Gasteiger partial charge in [-0.1, -0.05) is 47.0 Å². The lowest BCUT2D eigenvalue weighted by atomic mass is 9.47. The van der Waals surface area contributed by atoms with Gasteiger partial charge in [0.15, 0.2) is 0 Å². The summed E-state index contributed by atoms with van der Waals surface area (Å²) in [5.74, 6) is 7.95. The molecule has 162 valence electrons. The molecule has 9 unspecified atom stereocenters. The van der Waals surface area contributed by atoms with Crippen LogP contribution in [-0.2, 0) is 0 Å². The van der Waals surface area contributed by atoms with Crippen molar-refractivity contribution in [3.8, 4) is 0 Å². The summed E-state index contributed by atoms with van der Waals surface area (Å²) >= 11 is 5.23. The molecule has 0 radical (unpaired) electrons. The zero-order valence-electron chi connectivity index (χ0n) is 19.3. The Hall–Kier alpha value is 0.350. The smallest absolute Gasteiger partial charge is 0.00479 e. The van der Waals surface area contributed by atoms with Gasteiger partial charge in [-0.05, 0) is 117 Å². The number of hydrogen-bond donors (Lipinski definition) is 1. The highest BCUT2D eigenvalue weighted by Gasteiger charge is 2.55. The van der Waals surface area contributed by atoms with Gasteiger partial charge in [-0.3, -0.25) is 0 Å². The van der Waals surface area contributed by atoms with Crippen LogP contribution < -0.4 is 0 Å². The second-order valence-corrected chi connectivity index (χ2v) is 12.7. The Bertz CT molecular complexity index is 512. The van der Waals surface area contributed by atoms with E-state index in [2.05, 4.69) is 27.7 Å². The van der Waals surface area contributed by atoms with Gasteiger partial charge < -0.3 is 0 Å². The Labute approximate surface area is 181 Å². The Morgan fingerprint density at radius 3 is 2.36 bits per heavy atom. The first-order valence-electron chi connectivity index (χ1n) is 13.1. The molecule has 0 saturated heterocycles. The van der Waals surface area contributed by atoms with Crippen LogP contribution >= 0.6 is 12.6 Å². The predicted molar refractivity (Wildman–Crippen MR) is 126 cm³/mol. The van der Waals surface area contributed by atoms with E-state index in [0.717, 1.165) is 47.3 Å². The van der Waals surface area contributed by atoms with Crippen LogP contribution in [0.2, 0.25) is 0 Å². The second kappa shape index (κ2) is 8.84. The van der Waals surface area contributed by atoms with Crippen molar-refractivity contribution in [3.63, 3.8) is 0 Å². The van der Waals surface area contributed by atoms with Gasteiger partial charge >= 0.3 is 0 Å². The molecule has 4 saturated carbocycles. The summed E-state index contributed by atoms with van der Waals surface area (Å²) in [6.45, 7) is 9.93. The van der Waals surface area contributed by atoms with E-state index in [1.807, 2.05) is 0 Å². The van der Waals surface area contributed by atoms with Gasteiger partial charge in [-0.25, -0.2) is 0 Å². The summed E-state index contributed by atoms with van der Waals surface area (Å²) in [4.78, 5) is 0. The number of hydrogen-bond acceptors (Lipinski definition) is 1. The van der Waals surface area contributed by atoms with Crippen molar-refractivity contribution in [2.75, 3.05) is 0 Å². The molecule has 9 atom stereocenters. The SMILES string of the molecule is CCC(CCC(S)C1CCC2C1CCC1C2CCC2CCCCC21C)C(C)C. The first-order valence-corrected chi connectivity index (χ1v) is 13.6. The molecule has 4 rings (SSSR count). The third-order valence-corrected chi connectivity index (χ3v) is 11.4. The quantitative estimate of drug-likeness (QED) is 0.422. The third kappa shape index (κ3) is 3.85. The molecule has 0 nitrogen and oxygen atoms in total. The van der Waals surface area contributed by atoms with E-state index in [9.17, 15) is 0 Å². The molecular weight excluding hydrogens is 356 g/mol. The van der Waals surface area contributed by atoms with Gasteiger partial charge in [-0.15, -0.1) is 0 Å². The minimum atomic E-state index is 0.668. The van der Waals surface area contributed by atoms with Gasteiger partial charge in [0.1, 0.15) is 0 Å². The Balaban J connectivity index is 1.39. The highest BCUT2D eigenvalue weighted by atomic mass is 32.1. The lowest BCUT2D eigenvalue weighted by Crippen LogP contribution is -2.50. The maximum Gasteiger partial charge on any atom is 0.00479 e. The van der Waals surface area contributed by atoms with Crippen molar-refractivity contribution in [1.82, 2.24) is 0 Å². The minimum Gasteiger partial charge on any atom is -0.176 e. The average molecular weight is 405 g/mol. The van der Waals surface area contributed by atoms with E-state index in [-0.39, 0.29) is 0 Å². The molecule has 0 aromatic heterocycles. The van der Waals surface area contributed by atoms with Crippen LogP contribution in [0.15, 0.2) is 0 Å². The molecule has 0 aliphatic heterocycles. The normalized spacial score (nSPS) is 45.2. The van der Waals surface area contributed by atoms with Crippen LogP contribution in [0.5, 0.6) is 0 Å². The molecule has 4 aliphatic rings. The van der Waals surface area contributed by atoms with Crippen LogP contribution in [0.1, 0.15) is 111 Å². The molecule has 0 N–H and O–H groups in total. The average Bonchev–Trinajstić information content (AvgIpc) is 3.12. The van der Waals surface area contributed by atoms with Crippen LogP contribution in [0.25, 0.3) is 0 Å². The topological polar surface area (TPSA) is 0 Å². The van der Waals surface area contributed by atoms with Crippen molar-refractivity contribution in [3.05, 3.63) is 0 Å². The summed E-state index contributed by atoms with van der Waals surface area (Å²) in [6, 6.07) is 0. The molecule has 1 heteroatoms. The molecule has 0 amide bonds. The molecule has 0 aromatic carbocycles. The number of rotatable bonds is 6. The van der Waals surface area contributed by atoms with Gasteiger partial charge in [0.25, 0.3) is 0 Å². The fourth-order valence-electron chi connectivity index (χ4n) is 9.08. The van der Waals surface area contributed by atoms with E-state index >= 15 is 0 Å². The Morgan fingerprint density at radius 2 is 1.61 bits per heavy atom. The zero-order valence-corrected chi connectivity index (χ0v) is 20.2. The van der Waals surface area contributed by atoms with E-state index in [4.69, 9.17) is 12.6 Å². The summed E-state index contributed by atoms with van der Waals surface area (Å²) in [6.07, 6.45) is 19.5. The predicted octanol–water partition coefficient (Wildman–Crippen LogP) is 8.41. The van der Waals surface area contributed by atoms with Gasteiger partial charge in [0.05, 0.1) is 0 Å². The zero-order chi connectivity index (χ0) is 19.9. The number of fused-ring (bicyclic) bond motifs is 5. The van der Waals surface area contributed by atoms with Crippen molar-refractivity contribution >= 4 is 12.6 Å². The fraction of sp³-hybridized carbons (Fsp3) is 1.00. The van der Waals surface area contributed by atoms with Crippen LogP contribution in [0.4, 0.5) is 0 Å². The standard InChI is InChI=1S/C27H48S/c1-5-19(18(2)3)9-16-26(28)24-13-12-21-22(24)14-15-25-23(21)11-10-20-8-6-7-17-27(20,25)4/h18-26,28H,5-17H2,1-4H3. The van der Waals surface area contributed by atoms with Crippen molar-refractivity contribution in [2.45, 2.75) is 116 Å². The maximum absolute atomic E-state index is 5.23. The number of thiol groups is 1. The second-order valence-electron chi connectivity index (χ2n) is 12.0. The fourth-order valence-corrected chi connectivity index (χ4v) is 9.60. The van der Waals surface area contributed by atoms with E-state index in [1.54, 1.807) is 32.1 Å². The van der Waals surface area contributed by atoms with Crippen LogP contribution in [-0.4, -0.2) is 5.25 Å². The minimum absolute atomic E-state index is 0.668. The molecular formula is C27H48S. The lowest BCUT2D eigenvalue weighted by Gasteiger charge is -2.58. The van der Waals surface area contributed by atoms with E-state index in [0.29, 0.717) is 10.7 Å². The highest BCUT2D eigenvalue weighted by Crippen LogP contribution is 2.64. The molecule has 4 fully saturated rings. The van der Waals surface area contributed by atoms with Crippen LogP contribution in [0, 0.1) is 52.8 Å². The molecule has 0 aromatic rings. The van der Waals surface area contributed by atoms with E-state index < -0.39 is 0 Å². The van der Waals surface area contributed by atoms with Gasteiger partial charge in [0, 0.05) is 5.25 Å². The molecule has 0 bridgehead atoms. The molecule has 0 heterocycles. The summed E-state index contributed by atoms with van der Waals surface area (Å²) in [7, 11) is 0. The lowest BCUT2D eigenvalue weighted by molar-refractivity contribution is -0.0869. The van der Waals surface area contributed by atoms with Crippen molar-refractivity contribution in [2.24, 2.45) is 52.8 Å². The van der Waals surface area contributed by atoms with E-state index in [1.165, 1.54) is 51.4 Å². The Kier molecular flexibility index (Phi) is 6.81.